The van der Waals surface area contributed by atoms with Gasteiger partial charge in [0, 0.05) is 37.4 Å². The Balaban J connectivity index is 1.38. The fourth-order valence-corrected chi connectivity index (χ4v) is 3.92. The molecule has 0 amide bonds. The number of methoxy groups -OCH3 is 1. The first-order valence-corrected chi connectivity index (χ1v) is 10.7. The highest BCUT2D eigenvalue weighted by Gasteiger charge is 2.19. The van der Waals surface area contributed by atoms with Crippen LogP contribution in [0.25, 0.3) is 0 Å². The standard InChI is InChI=1S/C23H25ClN4O4/c1-26-9-8-22(29)27(23(26)30)11-12-32-20-6-3-16(13-21(20)31-2)15-25-28-10-7-17-14-18(24)4-5-19(17)28/h3-6,8-9,13-14,25H,7,10-12,15H2,1-2H3. The van der Waals surface area contributed by atoms with E-state index in [0.29, 0.717) is 18.0 Å². The predicted octanol–water partition coefficient (Wildman–Crippen LogP) is 2.36. The molecule has 0 saturated carbocycles. The van der Waals surface area contributed by atoms with Crippen molar-refractivity contribution >= 4 is 17.3 Å². The number of hydrogen-bond acceptors (Lipinski definition) is 6. The Hall–Kier alpha value is -3.23. The minimum absolute atomic E-state index is 0.150. The van der Waals surface area contributed by atoms with Crippen LogP contribution >= 0.6 is 11.6 Å². The second-order valence-corrected chi connectivity index (χ2v) is 7.98. The molecular formula is C23H25ClN4O4. The molecule has 0 bridgehead atoms. The molecule has 1 aliphatic rings. The van der Waals surface area contributed by atoms with Crippen LogP contribution in [0.5, 0.6) is 11.5 Å². The number of halogens is 1. The van der Waals surface area contributed by atoms with Gasteiger partial charge in [0.25, 0.3) is 5.56 Å². The van der Waals surface area contributed by atoms with E-state index in [4.69, 9.17) is 21.1 Å². The van der Waals surface area contributed by atoms with Gasteiger partial charge in [-0.3, -0.25) is 9.36 Å². The number of hydrazine groups is 1. The second-order valence-electron chi connectivity index (χ2n) is 7.54. The largest absolute Gasteiger partial charge is 0.493 e. The lowest BCUT2D eigenvalue weighted by Gasteiger charge is -2.21. The first-order valence-electron chi connectivity index (χ1n) is 10.3. The van der Waals surface area contributed by atoms with Crippen molar-refractivity contribution in [3.05, 3.63) is 85.6 Å². The molecule has 2 heterocycles. The molecule has 32 heavy (non-hydrogen) atoms. The Morgan fingerprint density at radius 2 is 1.94 bits per heavy atom. The van der Waals surface area contributed by atoms with E-state index >= 15 is 0 Å². The van der Waals surface area contributed by atoms with Crippen molar-refractivity contribution in [1.82, 2.24) is 14.6 Å². The van der Waals surface area contributed by atoms with E-state index in [0.717, 1.165) is 33.8 Å². The van der Waals surface area contributed by atoms with Crippen molar-refractivity contribution in [3.8, 4) is 11.5 Å². The molecule has 3 aromatic rings. The normalized spacial score (nSPS) is 12.7. The molecular weight excluding hydrogens is 432 g/mol. The number of nitrogens with zero attached hydrogens (tertiary/aromatic N) is 3. The lowest BCUT2D eigenvalue weighted by Crippen LogP contribution is -2.39. The molecule has 0 radical (unpaired) electrons. The summed E-state index contributed by atoms with van der Waals surface area (Å²) in [6.45, 7) is 1.82. The number of rotatable bonds is 8. The van der Waals surface area contributed by atoms with Gasteiger partial charge in [0.2, 0.25) is 0 Å². The number of aromatic nitrogens is 2. The second kappa shape index (κ2) is 9.50. The first-order chi connectivity index (χ1) is 15.5. The average Bonchev–Trinajstić information content (AvgIpc) is 3.19. The Morgan fingerprint density at radius 3 is 2.75 bits per heavy atom. The Bertz CT molecular complexity index is 1240. The molecule has 1 aromatic heterocycles. The first kappa shape index (κ1) is 22.0. The monoisotopic (exact) mass is 456 g/mol. The zero-order valence-electron chi connectivity index (χ0n) is 18.0. The van der Waals surface area contributed by atoms with Gasteiger partial charge in [-0.1, -0.05) is 17.7 Å². The molecule has 0 aliphatic carbocycles. The van der Waals surface area contributed by atoms with Gasteiger partial charge in [-0.25, -0.2) is 10.2 Å². The number of fused-ring (bicyclic) bond motifs is 1. The third-order valence-electron chi connectivity index (χ3n) is 5.45. The highest BCUT2D eigenvalue weighted by molar-refractivity contribution is 6.30. The van der Waals surface area contributed by atoms with Crippen LogP contribution in [0.15, 0.2) is 58.3 Å². The number of nitrogens with one attached hydrogen (secondary N) is 1. The zero-order valence-corrected chi connectivity index (χ0v) is 18.8. The molecule has 4 rings (SSSR count). The number of anilines is 1. The molecule has 8 nitrogen and oxygen atoms in total. The van der Waals surface area contributed by atoms with E-state index in [1.807, 2.05) is 36.4 Å². The van der Waals surface area contributed by atoms with Gasteiger partial charge in [0.15, 0.2) is 11.5 Å². The van der Waals surface area contributed by atoms with Crippen LogP contribution in [0.2, 0.25) is 5.02 Å². The summed E-state index contributed by atoms with van der Waals surface area (Å²) < 4.78 is 13.8. The van der Waals surface area contributed by atoms with Crippen molar-refractivity contribution in [2.75, 3.05) is 25.3 Å². The van der Waals surface area contributed by atoms with Crippen molar-refractivity contribution < 1.29 is 9.47 Å². The van der Waals surface area contributed by atoms with E-state index in [2.05, 4.69) is 10.4 Å². The maximum Gasteiger partial charge on any atom is 0.330 e. The van der Waals surface area contributed by atoms with Gasteiger partial charge in [0.05, 0.1) is 19.3 Å². The fraction of sp³-hybridized carbons (Fsp3) is 0.304. The maximum atomic E-state index is 12.1. The summed E-state index contributed by atoms with van der Waals surface area (Å²) in [5, 5.41) is 2.88. The maximum absolute atomic E-state index is 12.1. The fourth-order valence-electron chi connectivity index (χ4n) is 3.73. The van der Waals surface area contributed by atoms with Crippen LogP contribution in [-0.4, -0.2) is 29.4 Å². The zero-order chi connectivity index (χ0) is 22.7. The third kappa shape index (κ3) is 4.66. The molecule has 0 saturated heterocycles. The number of benzene rings is 2. The van der Waals surface area contributed by atoms with E-state index in [1.54, 1.807) is 14.2 Å². The predicted molar refractivity (Wildman–Crippen MR) is 124 cm³/mol. The van der Waals surface area contributed by atoms with Crippen LogP contribution in [0, 0.1) is 0 Å². The van der Waals surface area contributed by atoms with Crippen LogP contribution in [0.1, 0.15) is 11.1 Å². The van der Waals surface area contributed by atoms with Crippen molar-refractivity contribution in [3.63, 3.8) is 0 Å². The van der Waals surface area contributed by atoms with Gasteiger partial charge < -0.3 is 19.0 Å². The summed E-state index contributed by atoms with van der Waals surface area (Å²) in [4.78, 5) is 24.0. The smallest absolute Gasteiger partial charge is 0.330 e. The molecule has 0 spiro atoms. The molecule has 0 atom stereocenters. The topological polar surface area (TPSA) is 77.7 Å². The lowest BCUT2D eigenvalue weighted by molar-refractivity contribution is 0.275. The molecule has 168 valence electrons. The summed E-state index contributed by atoms with van der Waals surface area (Å²) in [7, 11) is 3.18. The SMILES string of the molecule is COc1cc(CNN2CCc3cc(Cl)ccc32)ccc1OCCn1c(=O)ccn(C)c1=O. The van der Waals surface area contributed by atoms with Crippen LogP contribution < -0.4 is 31.2 Å². The minimum atomic E-state index is -0.375. The number of ether oxygens (including phenoxy) is 2. The van der Waals surface area contributed by atoms with Gasteiger partial charge in [-0.05, 0) is 47.9 Å². The van der Waals surface area contributed by atoms with Crippen LogP contribution in [-0.2, 0) is 26.6 Å². The van der Waals surface area contributed by atoms with Crippen LogP contribution in [0.4, 0.5) is 5.69 Å². The van der Waals surface area contributed by atoms with Gasteiger partial charge in [-0.15, -0.1) is 0 Å². The Kier molecular flexibility index (Phi) is 6.53. The number of aryl methyl sites for hydroxylation is 1. The molecule has 2 aromatic carbocycles. The quantitative estimate of drug-likeness (QED) is 0.560. The van der Waals surface area contributed by atoms with Crippen molar-refractivity contribution in [2.24, 2.45) is 7.05 Å². The average molecular weight is 457 g/mol. The molecule has 9 heteroatoms. The van der Waals surface area contributed by atoms with Crippen LogP contribution in [0.3, 0.4) is 0 Å². The van der Waals surface area contributed by atoms with Crippen molar-refractivity contribution in [2.45, 2.75) is 19.5 Å². The highest BCUT2D eigenvalue weighted by Crippen LogP contribution is 2.30. The van der Waals surface area contributed by atoms with Gasteiger partial charge in [-0.2, -0.15) is 0 Å². The lowest BCUT2D eigenvalue weighted by atomic mass is 10.2. The third-order valence-corrected chi connectivity index (χ3v) is 5.69. The minimum Gasteiger partial charge on any atom is -0.493 e. The molecule has 1 N–H and O–H groups in total. The summed E-state index contributed by atoms with van der Waals surface area (Å²) in [5.41, 5.74) is 6.13. The summed E-state index contributed by atoms with van der Waals surface area (Å²) >= 11 is 6.09. The Morgan fingerprint density at radius 1 is 1.09 bits per heavy atom. The molecule has 1 aliphatic heterocycles. The Labute approximate surface area is 190 Å². The van der Waals surface area contributed by atoms with Crippen molar-refractivity contribution in [1.29, 1.82) is 0 Å². The molecule has 0 unspecified atom stereocenters. The summed E-state index contributed by atoms with van der Waals surface area (Å²) in [6.07, 6.45) is 2.40. The van der Waals surface area contributed by atoms with E-state index in [-0.39, 0.29) is 24.4 Å². The van der Waals surface area contributed by atoms with Gasteiger partial charge >= 0.3 is 5.69 Å². The summed E-state index contributed by atoms with van der Waals surface area (Å²) in [5.74, 6) is 1.14. The number of hydrogen-bond donors (Lipinski definition) is 1. The summed E-state index contributed by atoms with van der Waals surface area (Å²) in [6, 6.07) is 13.0. The van der Waals surface area contributed by atoms with E-state index in [9.17, 15) is 9.59 Å². The van der Waals surface area contributed by atoms with Gasteiger partial charge in [0.1, 0.15) is 6.61 Å². The highest BCUT2D eigenvalue weighted by atomic mass is 35.5. The van der Waals surface area contributed by atoms with E-state index in [1.165, 1.54) is 22.4 Å². The molecule has 0 fully saturated rings. The van der Waals surface area contributed by atoms with E-state index < -0.39 is 0 Å².